The Labute approximate surface area is 70.0 Å². The molecule has 0 unspecified atom stereocenters. The molecule has 4 N–H and O–H groups in total. The van der Waals surface area contributed by atoms with Crippen LogP contribution in [0.3, 0.4) is 0 Å². The lowest BCUT2D eigenvalue weighted by atomic mass is 9.93. The summed E-state index contributed by atoms with van der Waals surface area (Å²) in [7, 11) is 0. The molecule has 5 heteroatoms. The number of hydrogen-bond donors (Lipinski definition) is 4. The van der Waals surface area contributed by atoms with E-state index in [9.17, 15) is 10.2 Å². The molecule has 2 aliphatic rings. The zero-order chi connectivity index (χ0) is 8.72. The quantitative estimate of drug-likeness (QED) is 0.352. The maximum Gasteiger partial charge on any atom is 0.112 e. The van der Waals surface area contributed by atoms with Crippen LogP contribution in [0.15, 0.2) is 0 Å². The van der Waals surface area contributed by atoms with Gasteiger partial charge in [0.05, 0.1) is 25.3 Å². The van der Waals surface area contributed by atoms with Gasteiger partial charge in [-0.3, -0.25) is 0 Å². The fraction of sp³-hybridized carbons (Fsp3) is 1.00. The van der Waals surface area contributed by atoms with E-state index in [0.717, 1.165) is 0 Å². The van der Waals surface area contributed by atoms with E-state index in [4.69, 9.17) is 9.84 Å². The van der Waals surface area contributed by atoms with Crippen LogP contribution in [0.2, 0.25) is 0 Å². The first-order valence-corrected chi connectivity index (χ1v) is 4.08. The van der Waals surface area contributed by atoms with Gasteiger partial charge in [0, 0.05) is 0 Å². The topological polar surface area (TPSA) is 82.0 Å². The predicted molar refractivity (Wildman–Crippen MR) is 39.6 cm³/mol. The highest BCUT2D eigenvalue weighted by atomic mass is 16.5. The van der Waals surface area contributed by atoms with Crippen LogP contribution in [0, 0.1) is 0 Å². The van der Waals surface area contributed by atoms with Gasteiger partial charge in [0.15, 0.2) is 0 Å². The van der Waals surface area contributed by atoms with Gasteiger partial charge < -0.3 is 25.4 Å². The van der Waals surface area contributed by atoms with Gasteiger partial charge in [0.25, 0.3) is 0 Å². The molecule has 2 rings (SSSR count). The summed E-state index contributed by atoms with van der Waals surface area (Å²) in [6.07, 6.45) is -2.00. The summed E-state index contributed by atoms with van der Waals surface area (Å²) in [5.41, 5.74) is 0. The number of ether oxygens (including phenoxy) is 1. The Morgan fingerprint density at radius 3 is 2.75 bits per heavy atom. The van der Waals surface area contributed by atoms with Crippen LogP contribution in [0.25, 0.3) is 0 Å². The Kier molecular flexibility index (Phi) is 2.05. The molecule has 70 valence electrons. The van der Waals surface area contributed by atoms with Crippen molar-refractivity contribution in [2.24, 2.45) is 0 Å². The lowest BCUT2D eigenvalue weighted by molar-refractivity contribution is -0.0794. The Bertz CT molecular complexity index is 177. The van der Waals surface area contributed by atoms with Crippen LogP contribution in [-0.2, 0) is 4.74 Å². The minimum atomic E-state index is -0.816. The van der Waals surface area contributed by atoms with Gasteiger partial charge in [-0.2, -0.15) is 0 Å². The fourth-order valence-electron chi connectivity index (χ4n) is 1.85. The van der Waals surface area contributed by atoms with Crippen LogP contribution in [0.5, 0.6) is 0 Å². The lowest BCUT2D eigenvalue weighted by Crippen LogP contribution is -2.62. The average molecular weight is 175 g/mol. The van der Waals surface area contributed by atoms with Gasteiger partial charge in [-0.15, -0.1) is 0 Å². The number of rotatable bonds is 1. The zero-order valence-corrected chi connectivity index (χ0v) is 6.55. The first-order valence-electron chi connectivity index (χ1n) is 4.08. The zero-order valence-electron chi connectivity index (χ0n) is 6.55. The van der Waals surface area contributed by atoms with E-state index in [-0.39, 0.29) is 18.7 Å². The third-order valence-electron chi connectivity index (χ3n) is 2.59. The van der Waals surface area contributed by atoms with Gasteiger partial charge in [-0.05, 0) is 0 Å². The first kappa shape index (κ1) is 8.40. The Hall–Kier alpha value is -0.200. The molecule has 0 spiro atoms. The number of nitrogens with one attached hydrogen (secondary N) is 1. The molecule has 2 saturated heterocycles. The first-order chi connectivity index (χ1) is 5.74. The molecule has 12 heavy (non-hydrogen) atoms. The van der Waals surface area contributed by atoms with E-state index in [1.54, 1.807) is 0 Å². The highest BCUT2D eigenvalue weighted by Crippen LogP contribution is 2.24. The van der Waals surface area contributed by atoms with Crippen LogP contribution in [0.4, 0.5) is 0 Å². The van der Waals surface area contributed by atoms with Gasteiger partial charge in [-0.25, -0.2) is 0 Å². The molecule has 0 saturated carbocycles. The molecule has 0 aromatic rings. The normalized spacial score (nSPS) is 52.8. The SMILES string of the molecule is OC[C@H]1N[C@@H]2CO[C@H]([C@@H]1O)[C@@H]2O. The molecule has 2 fully saturated rings. The molecule has 0 aromatic heterocycles. The standard InChI is InChI=1S/C7H13NO4/c9-1-3-5(10)7-6(11)4(8-3)2-12-7/h3-11H,1-2H2/t3-,4-,5-,6-,7-/m1/s1. The third-order valence-corrected chi connectivity index (χ3v) is 2.59. The molecule has 0 aliphatic carbocycles. The molecular weight excluding hydrogens is 162 g/mol. The number of fused-ring (bicyclic) bond motifs is 2. The van der Waals surface area contributed by atoms with Crippen molar-refractivity contribution in [1.29, 1.82) is 0 Å². The highest BCUT2D eigenvalue weighted by molar-refractivity contribution is 5.02. The summed E-state index contributed by atoms with van der Waals surface area (Å²) in [4.78, 5) is 0. The number of aliphatic hydroxyl groups is 3. The van der Waals surface area contributed by atoms with E-state index in [1.165, 1.54) is 0 Å². The predicted octanol–water partition coefficient (Wildman–Crippen LogP) is -2.56. The summed E-state index contributed by atoms with van der Waals surface area (Å²) in [6, 6.07) is -0.513. The van der Waals surface area contributed by atoms with Gasteiger partial charge in [0.2, 0.25) is 0 Å². The van der Waals surface area contributed by atoms with Crippen LogP contribution in [0.1, 0.15) is 0 Å². The second-order valence-electron chi connectivity index (χ2n) is 3.34. The second-order valence-corrected chi connectivity index (χ2v) is 3.34. The van der Waals surface area contributed by atoms with Gasteiger partial charge >= 0.3 is 0 Å². The molecule has 2 aliphatic heterocycles. The Balaban J connectivity index is 2.12. The molecule has 5 nitrogen and oxygen atoms in total. The molecule has 0 radical (unpaired) electrons. The van der Waals surface area contributed by atoms with Gasteiger partial charge in [-0.1, -0.05) is 0 Å². The fourth-order valence-corrected chi connectivity index (χ4v) is 1.85. The minimum Gasteiger partial charge on any atom is -0.395 e. The van der Waals surface area contributed by atoms with E-state index in [2.05, 4.69) is 5.32 Å². The van der Waals surface area contributed by atoms with Crippen molar-refractivity contribution in [2.75, 3.05) is 13.2 Å². The van der Waals surface area contributed by atoms with Crippen LogP contribution in [-0.4, -0.2) is 58.9 Å². The summed E-state index contributed by atoms with van der Waals surface area (Å²) in [5.74, 6) is 0. The Morgan fingerprint density at radius 2 is 2.08 bits per heavy atom. The van der Waals surface area contributed by atoms with Crippen molar-refractivity contribution in [3.05, 3.63) is 0 Å². The third kappa shape index (κ3) is 1.06. The second kappa shape index (κ2) is 2.93. The maximum absolute atomic E-state index is 9.52. The summed E-state index contributed by atoms with van der Waals surface area (Å²) < 4.78 is 5.16. The summed E-state index contributed by atoms with van der Waals surface area (Å²) >= 11 is 0. The van der Waals surface area contributed by atoms with E-state index in [1.807, 2.05) is 0 Å². The minimum absolute atomic E-state index is 0.135. The van der Waals surface area contributed by atoms with Crippen molar-refractivity contribution in [3.63, 3.8) is 0 Å². The lowest BCUT2D eigenvalue weighted by Gasteiger charge is -2.35. The van der Waals surface area contributed by atoms with Crippen molar-refractivity contribution in [2.45, 2.75) is 30.4 Å². The average Bonchev–Trinajstić information content (AvgIpc) is 2.31. The maximum atomic E-state index is 9.52. The molecule has 2 heterocycles. The molecule has 0 amide bonds. The number of hydrogen-bond acceptors (Lipinski definition) is 5. The smallest absolute Gasteiger partial charge is 0.112 e. The van der Waals surface area contributed by atoms with E-state index < -0.39 is 18.3 Å². The summed E-state index contributed by atoms with van der Waals surface area (Å²) in [5, 5.41) is 30.8. The highest BCUT2D eigenvalue weighted by Gasteiger charge is 2.48. The molecule has 5 atom stereocenters. The number of aliphatic hydroxyl groups excluding tert-OH is 3. The number of piperidine rings is 1. The molecular formula is C7H13NO4. The van der Waals surface area contributed by atoms with Crippen LogP contribution >= 0.6 is 0 Å². The van der Waals surface area contributed by atoms with Crippen molar-refractivity contribution in [3.8, 4) is 0 Å². The van der Waals surface area contributed by atoms with Crippen molar-refractivity contribution >= 4 is 0 Å². The van der Waals surface area contributed by atoms with E-state index in [0.29, 0.717) is 6.61 Å². The Morgan fingerprint density at radius 1 is 1.33 bits per heavy atom. The van der Waals surface area contributed by atoms with Gasteiger partial charge in [0.1, 0.15) is 18.3 Å². The largest absolute Gasteiger partial charge is 0.395 e. The van der Waals surface area contributed by atoms with E-state index >= 15 is 0 Å². The molecule has 2 bridgehead atoms. The van der Waals surface area contributed by atoms with Crippen molar-refractivity contribution in [1.82, 2.24) is 5.32 Å². The molecule has 0 aromatic carbocycles. The van der Waals surface area contributed by atoms with Crippen LogP contribution < -0.4 is 5.32 Å². The summed E-state index contributed by atoms with van der Waals surface area (Å²) in [6.45, 7) is 0.268. The van der Waals surface area contributed by atoms with Crippen molar-refractivity contribution < 1.29 is 20.1 Å². The monoisotopic (exact) mass is 175 g/mol.